The first kappa shape index (κ1) is 12.2. The minimum Gasteiger partial charge on any atom is -0.387 e. The molecule has 1 aromatic carbocycles. The van der Waals surface area contributed by atoms with Crippen LogP contribution in [-0.2, 0) is 0 Å². The maximum atomic E-state index is 9.94. The summed E-state index contributed by atoms with van der Waals surface area (Å²) in [5.41, 5.74) is 0. The van der Waals surface area contributed by atoms with Gasteiger partial charge in [0.05, 0.1) is 6.10 Å². The van der Waals surface area contributed by atoms with E-state index in [4.69, 9.17) is 0 Å². The van der Waals surface area contributed by atoms with E-state index in [1.165, 1.54) is 0 Å². The Labute approximate surface area is 112 Å². The zero-order valence-corrected chi connectivity index (χ0v) is 11.7. The van der Waals surface area contributed by atoms with Crippen LogP contribution in [0.5, 0.6) is 0 Å². The quantitative estimate of drug-likeness (QED) is 0.847. The largest absolute Gasteiger partial charge is 0.387 e. The standard InChI is InChI=1S/C12H11BrOS2/c13-9-4-1-2-5-11(9)16-8-10(14)12-6-3-7-15-12/h1-7,10,14H,8H2. The van der Waals surface area contributed by atoms with Gasteiger partial charge in [0.15, 0.2) is 0 Å². The fourth-order valence-corrected chi connectivity index (χ4v) is 3.64. The van der Waals surface area contributed by atoms with Gasteiger partial charge in [-0.05, 0) is 39.5 Å². The van der Waals surface area contributed by atoms with E-state index in [1.54, 1.807) is 23.1 Å². The number of hydrogen-bond donors (Lipinski definition) is 1. The van der Waals surface area contributed by atoms with Gasteiger partial charge in [-0.1, -0.05) is 18.2 Å². The maximum absolute atomic E-state index is 9.94. The van der Waals surface area contributed by atoms with Crippen LogP contribution >= 0.6 is 39.0 Å². The van der Waals surface area contributed by atoms with E-state index >= 15 is 0 Å². The molecule has 1 atom stereocenters. The minimum atomic E-state index is -0.378. The molecule has 0 amide bonds. The number of aliphatic hydroxyl groups excluding tert-OH is 1. The molecular formula is C12H11BrOS2. The second-order valence-electron chi connectivity index (χ2n) is 3.27. The molecule has 0 spiro atoms. The second-order valence-corrected chi connectivity index (χ2v) is 6.17. The van der Waals surface area contributed by atoms with Crippen molar-refractivity contribution in [1.82, 2.24) is 0 Å². The van der Waals surface area contributed by atoms with Crippen LogP contribution in [0.1, 0.15) is 11.0 Å². The summed E-state index contributed by atoms with van der Waals surface area (Å²) in [4.78, 5) is 2.19. The zero-order chi connectivity index (χ0) is 11.4. The van der Waals surface area contributed by atoms with Crippen molar-refractivity contribution in [3.05, 3.63) is 51.1 Å². The van der Waals surface area contributed by atoms with Crippen LogP contribution in [0.15, 0.2) is 51.1 Å². The first-order valence-corrected chi connectivity index (χ1v) is 7.52. The Bertz CT molecular complexity index is 442. The third-order valence-corrected chi connectivity index (χ3v) is 5.18. The van der Waals surface area contributed by atoms with Crippen LogP contribution < -0.4 is 0 Å². The van der Waals surface area contributed by atoms with Gasteiger partial charge < -0.3 is 5.11 Å². The van der Waals surface area contributed by atoms with Crippen molar-refractivity contribution in [2.45, 2.75) is 11.0 Å². The molecule has 0 saturated carbocycles. The number of thiophene rings is 1. The zero-order valence-electron chi connectivity index (χ0n) is 8.47. The molecule has 1 heterocycles. The highest BCUT2D eigenvalue weighted by Gasteiger charge is 2.09. The van der Waals surface area contributed by atoms with Gasteiger partial charge in [-0.15, -0.1) is 23.1 Å². The summed E-state index contributed by atoms with van der Waals surface area (Å²) in [6.45, 7) is 0. The molecule has 0 bridgehead atoms. The highest BCUT2D eigenvalue weighted by Crippen LogP contribution is 2.31. The van der Waals surface area contributed by atoms with Crippen molar-refractivity contribution in [3.8, 4) is 0 Å². The highest BCUT2D eigenvalue weighted by atomic mass is 79.9. The monoisotopic (exact) mass is 314 g/mol. The van der Waals surface area contributed by atoms with Crippen LogP contribution in [0.3, 0.4) is 0 Å². The van der Waals surface area contributed by atoms with Crippen molar-refractivity contribution in [2.75, 3.05) is 5.75 Å². The molecule has 84 valence electrons. The topological polar surface area (TPSA) is 20.2 Å². The summed E-state index contributed by atoms with van der Waals surface area (Å²) in [6, 6.07) is 12.0. The Morgan fingerprint density at radius 3 is 2.75 bits per heavy atom. The summed E-state index contributed by atoms with van der Waals surface area (Å²) in [5, 5.41) is 11.9. The number of halogens is 1. The lowest BCUT2D eigenvalue weighted by Gasteiger charge is -2.08. The second kappa shape index (κ2) is 5.87. The number of hydrogen-bond acceptors (Lipinski definition) is 3. The average Bonchev–Trinajstić information content (AvgIpc) is 2.81. The van der Waals surface area contributed by atoms with Gasteiger partial charge in [0.25, 0.3) is 0 Å². The molecule has 1 unspecified atom stereocenters. The number of thioether (sulfide) groups is 1. The van der Waals surface area contributed by atoms with Gasteiger partial charge in [0, 0.05) is 20.0 Å². The summed E-state index contributed by atoms with van der Waals surface area (Å²) < 4.78 is 1.08. The summed E-state index contributed by atoms with van der Waals surface area (Å²) in [7, 11) is 0. The summed E-state index contributed by atoms with van der Waals surface area (Å²) in [5.74, 6) is 0.684. The van der Waals surface area contributed by atoms with E-state index in [0.29, 0.717) is 5.75 Å². The van der Waals surface area contributed by atoms with E-state index in [2.05, 4.69) is 22.0 Å². The fourth-order valence-electron chi connectivity index (χ4n) is 1.29. The molecule has 0 aliphatic carbocycles. The average molecular weight is 315 g/mol. The molecule has 0 saturated heterocycles. The molecule has 2 rings (SSSR count). The maximum Gasteiger partial charge on any atom is 0.0975 e. The molecule has 0 radical (unpaired) electrons. The lowest BCUT2D eigenvalue weighted by Crippen LogP contribution is -1.97. The van der Waals surface area contributed by atoms with Crippen molar-refractivity contribution in [3.63, 3.8) is 0 Å². The van der Waals surface area contributed by atoms with Gasteiger partial charge >= 0.3 is 0 Å². The SMILES string of the molecule is OC(CSc1ccccc1Br)c1cccs1. The minimum absolute atomic E-state index is 0.378. The van der Waals surface area contributed by atoms with Crippen molar-refractivity contribution < 1.29 is 5.11 Å². The van der Waals surface area contributed by atoms with Gasteiger partial charge in [-0.3, -0.25) is 0 Å². The van der Waals surface area contributed by atoms with E-state index in [-0.39, 0.29) is 6.10 Å². The van der Waals surface area contributed by atoms with Crippen molar-refractivity contribution in [2.24, 2.45) is 0 Å². The van der Waals surface area contributed by atoms with Crippen molar-refractivity contribution in [1.29, 1.82) is 0 Å². The highest BCUT2D eigenvalue weighted by molar-refractivity contribution is 9.10. The lowest BCUT2D eigenvalue weighted by atomic mass is 10.3. The fraction of sp³-hybridized carbons (Fsp3) is 0.167. The van der Waals surface area contributed by atoms with Crippen LogP contribution in [0.25, 0.3) is 0 Å². The first-order chi connectivity index (χ1) is 7.77. The van der Waals surface area contributed by atoms with Crippen LogP contribution in [0, 0.1) is 0 Å². The third-order valence-electron chi connectivity index (χ3n) is 2.10. The summed E-state index contributed by atoms with van der Waals surface area (Å²) in [6.07, 6.45) is -0.378. The molecule has 0 fully saturated rings. The Hall–Kier alpha value is -0.290. The third kappa shape index (κ3) is 3.10. The van der Waals surface area contributed by atoms with Gasteiger partial charge in [-0.25, -0.2) is 0 Å². The van der Waals surface area contributed by atoms with Crippen LogP contribution in [0.2, 0.25) is 0 Å². The molecule has 1 aromatic heterocycles. The van der Waals surface area contributed by atoms with Crippen molar-refractivity contribution >= 4 is 39.0 Å². The Kier molecular flexibility index (Phi) is 4.46. The normalized spacial score (nSPS) is 12.6. The van der Waals surface area contributed by atoms with E-state index in [0.717, 1.165) is 14.2 Å². The molecule has 0 aliphatic rings. The number of benzene rings is 1. The molecule has 2 aromatic rings. The van der Waals surface area contributed by atoms with Gasteiger partial charge in [0.1, 0.15) is 0 Å². The van der Waals surface area contributed by atoms with Gasteiger partial charge in [-0.2, -0.15) is 0 Å². The molecule has 1 nitrogen and oxygen atoms in total. The van der Waals surface area contributed by atoms with E-state index < -0.39 is 0 Å². The Morgan fingerprint density at radius 2 is 2.06 bits per heavy atom. The molecule has 4 heteroatoms. The van der Waals surface area contributed by atoms with Crippen LogP contribution in [0.4, 0.5) is 0 Å². The molecule has 16 heavy (non-hydrogen) atoms. The van der Waals surface area contributed by atoms with Crippen LogP contribution in [-0.4, -0.2) is 10.9 Å². The number of aliphatic hydroxyl groups is 1. The first-order valence-electron chi connectivity index (χ1n) is 4.86. The summed E-state index contributed by atoms with van der Waals surface area (Å²) >= 11 is 6.75. The molecular weight excluding hydrogens is 304 g/mol. The predicted molar refractivity (Wildman–Crippen MR) is 74.1 cm³/mol. The Morgan fingerprint density at radius 1 is 1.25 bits per heavy atom. The smallest absolute Gasteiger partial charge is 0.0975 e. The Balaban J connectivity index is 1.95. The molecule has 0 aliphatic heterocycles. The number of rotatable bonds is 4. The van der Waals surface area contributed by atoms with Gasteiger partial charge in [0.2, 0.25) is 0 Å². The lowest BCUT2D eigenvalue weighted by molar-refractivity contribution is 0.208. The van der Waals surface area contributed by atoms with E-state index in [1.807, 2.05) is 35.7 Å². The van der Waals surface area contributed by atoms with E-state index in [9.17, 15) is 5.11 Å². The predicted octanol–water partition coefficient (Wildman–Crippen LogP) is 4.34. The molecule has 1 N–H and O–H groups in total.